The number of anilines is 1. The monoisotopic (exact) mass is 574 g/mol. The first-order valence-corrected chi connectivity index (χ1v) is 14.6. The molecule has 3 heterocycles. The lowest BCUT2D eigenvalue weighted by atomic mass is 9.97. The topological polar surface area (TPSA) is 98.9 Å². The van der Waals surface area contributed by atoms with Crippen LogP contribution in [-0.4, -0.2) is 29.9 Å². The summed E-state index contributed by atoms with van der Waals surface area (Å²) in [5.41, 5.74) is 3.39. The van der Waals surface area contributed by atoms with Gasteiger partial charge in [0.2, 0.25) is 5.76 Å². The number of fused-ring (bicyclic) bond motifs is 2. The van der Waals surface area contributed by atoms with Crippen LogP contribution < -0.4 is 19.8 Å². The van der Waals surface area contributed by atoms with Crippen molar-refractivity contribution in [2.75, 3.05) is 18.1 Å². The normalized spacial score (nSPS) is 14.7. The summed E-state index contributed by atoms with van der Waals surface area (Å²) in [6.07, 6.45) is 0.889. The fourth-order valence-corrected chi connectivity index (χ4v) is 6.03. The van der Waals surface area contributed by atoms with Gasteiger partial charge in [0.25, 0.3) is 5.91 Å². The minimum Gasteiger partial charge on any atom is -0.490 e. The molecule has 0 N–H and O–H groups in total. The number of aromatic nitrogens is 1. The van der Waals surface area contributed by atoms with Crippen molar-refractivity contribution in [2.45, 2.75) is 60.9 Å². The fraction of sp³-hybridized carbons (Fsp3) is 0.375. The first kappa shape index (κ1) is 28.5. The molecule has 9 heteroatoms. The fourth-order valence-electron chi connectivity index (χ4n) is 5.04. The average molecular weight is 575 g/mol. The molecule has 1 amide bonds. The van der Waals surface area contributed by atoms with Gasteiger partial charge in [-0.2, -0.15) is 0 Å². The first-order chi connectivity index (χ1) is 19.5. The van der Waals surface area contributed by atoms with Crippen molar-refractivity contribution in [1.82, 2.24) is 4.98 Å². The SMILES string of the molecule is CCOc1cc(C2c3c(oc4cc(C)c(C)cc4c3=O)C(=O)N2c2nc(C)c(C(C)=O)s2)ccc1OCCC(C)C. The number of ether oxygens (including phenoxy) is 2. The van der Waals surface area contributed by atoms with Gasteiger partial charge in [0.05, 0.1) is 40.8 Å². The molecule has 2 aromatic carbocycles. The lowest BCUT2D eigenvalue weighted by Crippen LogP contribution is -2.29. The second-order valence-corrected chi connectivity index (χ2v) is 11.8. The van der Waals surface area contributed by atoms with Crippen LogP contribution in [0.25, 0.3) is 11.0 Å². The highest BCUT2D eigenvalue weighted by atomic mass is 32.1. The van der Waals surface area contributed by atoms with Crippen molar-refractivity contribution in [3.8, 4) is 11.5 Å². The summed E-state index contributed by atoms with van der Waals surface area (Å²) >= 11 is 1.13. The standard InChI is InChI=1S/C32H34N2O6S/c1-8-38-25-15-21(9-10-23(25)39-12-11-16(2)3)27-26-28(36)22-13-17(4)18(5)14-24(22)40-29(26)31(37)34(27)32-33-19(6)30(41-32)20(7)35/h9-10,13-16,27H,8,11-12H2,1-7H3. The van der Waals surface area contributed by atoms with Gasteiger partial charge >= 0.3 is 0 Å². The zero-order valence-electron chi connectivity index (χ0n) is 24.4. The molecule has 5 rings (SSSR count). The van der Waals surface area contributed by atoms with E-state index < -0.39 is 11.9 Å². The van der Waals surface area contributed by atoms with Crippen molar-refractivity contribution in [2.24, 2.45) is 5.92 Å². The molecule has 1 aliphatic heterocycles. The van der Waals surface area contributed by atoms with E-state index in [0.29, 0.717) is 62.9 Å². The van der Waals surface area contributed by atoms with Crippen molar-refractivity contribution in [1.29, 1.82) is 0 Å². The molecule has 1 aliphatic rings. The minimum absolute atomic E-state index is 0.0248. The van der Waals surface area contributed by atoms with Crippen LogP contribution in [0.4, 0.5) is 5.13 Å². The molecule has 0 saturated heterocycles. The number of Topliss-reactive ketones (excluding diaryl/α,β-unsaturated/α-hetero) is 1. The van der Waals surface area contributed by atoms with Crippen LogP contribution in [-0.2, 0) is 0 Å². The van der Waals surface area contributed by atoms with Gasteiger partial charge in [0.1, 0.15) is 5.58 Å². The molecular formula is C32H34N2O6S. The third-order valence-electron chi connectivity index (χ3n) is 7.33. The van der Waals surface area contributed by atoms with Crippen molar-refractivity contribution in [3.63, 3.8) is 0 Å². The maximum atomic E-state index is 14.1. The van der Waals surface area contributed by atoms with Gasteiger partial charge in [-0.15, -0.1) is 0 Å². The summed E-state index contributed by atoms with van der Waals surface area (Å²) in [6, 6.07) is 8.21. The van der Waals surface area contributed by atoms with Crippen molar-refractivity contribution >= 4 is 39.1 Å². The van der Waals surface area contributed by atoms with Crippen molar-refractivity contribution < 1.29 is 23.5 Å². The minimum atomic E-state index is -0.839. The Bertz CT molecular complexity index is 1730. The third-order valence-corrected chi connectivity index (χ3v) is 8.59. The highest BCUT2D eigenvalue weighted by Crippen LogP contribution is 2.45. The zero-order valence-corrected chi connectivity index (χ0v) is 25.2. The van der Waals surface area contributed by atoms with E-state index in [1.165, 1.54) is 11.8 Å². The Morgan fingerprint density at radius 1 is 1.07 bits per heavy atom. The zero-order chi connectivity index (χ0) is 29.6. The van der Waals surface area contributed by atoms with Gasteiger partial charge in [0, 0.05) is 6.92 Å². The Kier molecular flexibility index (Phi) is 7.74. The molecule has 2 aromatic heterocycles. The second kappa shape index (κ2) is 11.1. The summed E-state index contributed by atoms with van der Waals surface area (Å²) in [4.78, 5) is 46.9. The lowest BCUT2D eigenvalue weighted by Gasteiger charge is -2.23. The first-order valence-electron chi connectivity index (χ1n) is 13.8. The maximum absolute atomic E-state index is 14.1. The van der Waals surface area contributed by atoms with E-state index in [4.69, 9.17) is 13.9 Å². The van der Waals surface area contributed by atoms with E-state index in [1.807, 2.05) is 39.0 Å². The van der Waals surface area contributed by atoms with E-state index in [-0.39, 0.29) is 22.5 Å². The summed E-state index contributed by atoms with van der Waals surface area (Å²) < 4.78 is 18.1. The lowest BCUT2D eigenvalue weighted by molar-refractivity contribution is 0.0969. The molecule has 41 heavy (non-hydrogen) atoms. The van der Waals surface area contributed by atoms with Gasteiger partial charge in [-0.3, -0.25) is 19.3 Å². The molecule has 0 spiro atoms. The van der Waals surface area contributed by atoms with Crippen molar-refractivity contribution in [3.05, 3.63) is 79.1 Å². The van der Waals surface area contributed by atoms with Crippen LogP contribution in [0.15, 0.2) is 39.5 Å². The quantitative estimate of drug-likeness (QED) is 0.199. The number of carbonyl (C=O) groups excluding carboxylic acids is 2. The molecule has 8 nitrogen and oxygen atoms in total. The number of aryl methyl sites for hydroxylation is 3. The van der Waals surface area contributed by atoms with E-state index in [1.54, 1.807) is 19.1 Å². The summed E-state index contributed by atoms with van der Waals surface area (Å²) in [7, 11) is 0. The Hall–Kier alpha value is -3.98. The molecule has 0 radical (unpaired) electrons. The average Bonchev–Trinajstić information content (AvgIpc) is 3.43. The summed E-state index contributed by atoms with van der Waals surface area (Å²) in [5.74, 6) is 0.949. The largest absolute Gasteiger partial charge is 0.490 e. The highest BCUT2D eigenvalue weighted by Gasteiger charge is 2.45. The van der Waals surface area contributed by atoms with Gasteiger partial charge in [-0.25, -0.2) is 4.98 Å². The highest BCUT2D eigenvalue weighted by molar-refractivity contribution is 7.17. The summed E-state index contributed by atoms with van der Waals surface area (Å²) in [6.45, 7) is 14.2. The molecule has 4 aromatic rings. The number of carbonyl (C=O) groups is 2. The van der Waals surface area contributed by atoms with E-state index in [9.17, 15) is 14.4 Å². The van der Waals surface area contributed by atoms with Gasteiger partial charge in [-0.1, -0.05) is 31.3 Å². The van der Waals surface area contributed by atoms with Crippen LogP contribution in [0.5, 0.6) is 11.5 Å². The molecule has 0 fully saturated rings. The third kappa shape index (κ3) is 5.14. The van der Waals surface area contributed by atoms with Crippen LogP contribution in [0.3, 0.4) is 0 Å². The number of nitrogens with zero attached hydrogens (tertiary/aromatic N) is 2. The second-order valence-electron chi connectivity index (χ2n) is 10.8. The van der Waals surface area contributed by atoms with Crippen LogP contribution in [0.1, 0.15) is 88.3 Å². The molecule has 1 atom stereocenters. The van der Waals surface area contributed by atoms with Crippen LogP contribution >= 0.6 is 11.3 Å². The smallest absolute Gasteiger partial charge is 0.297 e. The Balaban J connectivity index is 1.72. The predicted octanol–water partition coefficient (Wildman–Crippen LogP) is 6.95. The number of thiazole rings is 1. The molecular weight excluding hydrogens is 540 g/mol. The number of hydrogen-bond donors (Lipinski definition) is 0. The molecule has 1 unspecified atom stereocenters. The van der Waals surface area contributed by atoms with Gasteiger partial charge < -0.3 is 13.9 Å². The Morgan fingerprint density at radius 3 is 2.46 bits per heavy atom. The van der Waals surface area contributed by atoms with Crippen LogP contribution in [0.2, 0.25) is 0 Å². The molecule has 0 bridgehead atoms. The Labute approximate surface area is 242 Å². The van der Waals surface area contributed by atoms with E-state index >= 15 is 0 Å². The molecule has 0 saturated carbocycles. The number of ketones is 1. The van der Waals surface area contributed by atoms with Crippen LogP contribution in [0, 0.1) is 26.7 Å². The Morgan fingerprint density at radius 2 is 1.80 bits per heavy atom. The molecule has 0 aliphatic carbocycles. The maximum Gasteiger partial charge on any atom is 0.297 e. The molecule has 214 valence electrons. The number of rotatable bonds is 9. The number of hydrogen-bond acceptors (Lipinski definition) is 8. The van der Waals surface area contributed by atoms with Gasteiger partial charge in [-0.05, 0) is 81.0 Å². The predicted molar refractivity (Wildman–Crippen MR) is 160 cm³/mol. The van der Waals surface area contributed by atoms with E-state index in [2.05, 4.69) is 18.8 Å². The number of amides is 1. The van der Waals surface area contributed by atoms with E-state index in [0.717, 1.165) is 28.9 Å². The summed E-state index contributed by atoms with van der Waals surface area (Å²) in [5, 5.41) is 0.727. The number of benzene rings is 2. The van der Waals surface area contributed by atoms with Gasteiger partial charge in [0.15, 0.2) is 27.8 Å².